The van der Waals surface area contributed by atoms with E-state index in [1.165, 1.54) is 41.7 Å². The number of carbonyl (C=O) groups excluding carboxylic acids is 1. The van der Waals surface area contributed by atoms with Crippen molar-refractivity contribution in [3.63, 3.8) is 0 Å². The van der Waals surface area contributed by atoms with E-state index in [1.807, 2.05) is 0 Å². The summed E-state index contributed by atoms with van der Waals surface area (Å²) in [5, 5.41) is 1.64. The van der Waals surface area contributed by atoms with E-state index in [4.69, 9.17) is 0 Å². The summed E-state index contributed by atoms with van der Waals surface area (Å²) >= 11 is 1.28. The molecule has 2 unspecified atom stereocenters. The third-order valence-corrected chi connectivity index (χ3v) is 7.60. The van der Waals surface area contributed by atoms with Crippen LogP contribution in [-0.4, -0.2) is 46.7 Å². The minimum Gasteiger partial charge on any atom is -0.406 e. The maximum Gasteiger partial charge on any atom is 0.573 e. The Labute approximate surface area is 218 Å². The first-order chi connectivity index (χ1) is 18.0. The summed E-state index contributed by atoms with van der Waals surface area (Å²) in [6.07, 6.45) is -9.18. The molecule has 0 spiro atoms. The number of rotatable bonds is 8. The minimum absolute atomic E-state index is 0.108. The number of piperidine rings is 1. The van der Waals surface area contributed by atoms with Crippen LogP contribution in [0.3, 0.4) is 0 Å². The zero-order valence-corrected chi connectivity index (χ0v) is 20.7. The average molecular weight is 556 g/mol. The second kappa shape index (κ2) is 10.2. The van der Waals surface area contributed by atoms with Crippen LogP contribution in [0, 0.1) is 17.8 Å². The molecule has 5 rings (SSSR count). The van der Waals surface area contributed by atoms with Crippen molar-refractivity contribution >= 4 is 17.2 Å². The van der Waals surface area contributed by atoms with Crippen molar-refractivity contribution in [1.29, 1.82) is 0 Å². The number of carbonyl (C=O) groups is 1. The Balaban J connectivity index is 1.21. The highest BCUT2D eigenvalue weighted by atomic mass is 32.1. The van der Waals surface area contributed by atoms with Gasteiger partial charge >= 0.3 is 12.5 Å². The third-order valence-electron chi connectivity index (χ3n) is 7.01. The van der Waals surface area contributed by atoms with Gasteiger partial charge in [-0.15, -0.1) is 24.5 Å². The lowest BCUT2D eigenvalue weighted by atomic mass is 10.1. The van der Waals surface area contributed by atoms with E-state index in [9.17, 15) is 31.1 Å². The molecule has 2 fully saturated rings. The highest BCUT2D eigenvalue weighted by Gasteiger charge is 2.56. The molecule has 12 heteroatoms. The van der Waals surface area contributed by atoms with Crippen LogP contribution in [0.5, 0.6) is 5.75 Å². The molecule has 2 aliphatic rings. The molecule has 202 valence electrons. The van der Waals surface area contributed by atoms with Crippen LogP contribution < -0.4 is 4.74 Å². The number of alkyl halides is 6. The molecule has 2 aromatic carbocycles. The fourth-order valence-electron chi connectivity index (χ4n) is 5.21. The SMILES string of the molecule is O=C(c1cscn1)N(Cc1cccc(OC(F)(F)F)c1)CC1C2CN(Cc3ccc(C(F)(F)F)cc3)CC21. The van der Waals surface area contributed by atoms with Gasteiger partial charge in [0.05, 0.1) is 11.1 Å². The maximum atomic E-state index is 13.2. The topological polar surface area (TPSA) is 45.7 Å². The first-order valence-corrected chi connectivity index (χ1v) is 12.8. The average Bonchev–Trinajstić information content (AvgIpc) is 3.23. The smallest absolute Gasteiger partial charge is 0.406 e. The Hall–Kier alpha value is -3.12. The highest BCUT2D eigenvalue weighted by Crippen LogP contribution is 2.52. The molecule has 3 aromatic rings. The van der Waals surface area contributed by atoms with E-state index >= 15 is 0 Å². The molecule has 1 aromatic heterocycles. The first-order valence-electron chi connectivity index (χ1n) is 11.9. The van der Waals surface area contributed by atoms with Crippen molar-refractivity contribution in [3.8, 4) is 5.75 Å². The zero-order valence-electron chi connectivity index (χ0n) is 19.9. The van der Waals surface area contributed by atoms with Crippen molar-refractivity contribution in [2.24, 2.45) is 17.8 Å². The molecule has 2 heterocycles. The number of thiazole rings is 1. The minimum atomic E-state index is -4.81. The fourth-order valence-corrected chi connectivity index (χ4v) is 5.74. The number of ether oxygens (including phenoxy) is 1. The summed E-state index contributed by atoms with van der Waals surface area (Å²) in [5.41, 5.74) is 2.47. The Morgan fingerprint density at radius 2 is 1.74 bits per heavy atom. The van der Waals surface area contributed by atoms with E-state index in [0.717, 1.165) is 30.8 Å². The van der Waals surface area contributed by atoms with Crippen LogP contribution in [-0.2, 0) is 19.3 Å². The Morgan fingerprint density at radius 3 is 2.34 bits per heavy atom. The second-order valence-electron chi connectivity index (χ2n) is 9.63. The van der Waals surface area contributed by atoms with Crippen molar-refractivity contribution in [2.45, 2.75) is 25.6 Å². The highest BCUT2D eigenvalue weighted by molar-refractivity contribution is 7.07. The third kappa shape index (κ3) is 6.29. The molecule has 2 atom stereocenters. The summed E-state index contributed by atoms with van der Waals surface area (Å²) in [6.45, 7) is 2.63. The number of hydrogen-bond donors (Lipinski definition) is 0. The van der Waals surface area contributed by atoms with Crippen molar-refractivity contribution in [2.75, 3.05) is 19.6 Å². The van der Waals surface area contributed by atoms with Gasteiger partial charge in [-0.05, 0) is 53.1 Å². The number of aromatic nitrogens is 1. The number of likely N-dealkylation sites (tertiary alicyclic amines) is 1. The molecule has 1 aliphatic heterocycles. The van der Waals surface area contributed by atoms with Gasteiger partial charge in [0.25, 0.3) is 5.91 Å². The molecule has 1 amide bonds. The Morgan fingerprint density at radius 1 is 1.03 bits per heavy atom. The van der Waals surface area contributed by atoms with Gasteiger partial charge in [0.15, 0.2) is 0 Å². The van der Waals surface area contributed by atoms with E-state index in [1.54, 1.807) is 21.9 Å². The van der Waals surface area contributed by atoms with Gasteiger partial charge in [-0.25, -0.2) is 4.98 Å². The van der Waals surface area contributed by atoms with Crippen LogP contribution >= 0.6 is 11.3 Å². The maximum absolute atomic E-state index is 13.2. The summed E-state index contributed by atoms with van der Waals surface area (Å²) in [7, 11) is 0. The molecule has 0 radical (unpaired) electrons. The second-order valence-corrected chi connectivity index (χ2v) is 10.4. The van der Waals surface area contributed by atoms with Crippen LogP contribution in [0.15, 0.2) is 59.4 Å². The van der Waals surface area contributed by atoms with E-state index in [-0.39, 0.29) is 29.8 Å². The van der Waals surface area contributed by atoms with Crippen molar-refractivity contribution in [3.05, 3.63) is 81.8 Å². The normalized spacial score (nSPS) is 21.3. The van der Waals surface area contributed by atoms with Gasteiger partial charge in [-0.1, -0.05) is 24.3 Å². The number of nitrogens with zero attached hydrogens (tertiary/aromatic N) is 3. The molecule has 1 saturated heterocycles. The zero-order chi connectivity index (χ0) is 27.1. The molecular weight excluding hydrogens is 532 g/mol. The van der Waals surface area contributed by atoms with Crippen molar-refractivity contribution in [1.82, 2.24) is 14.8 Å². The lowest BCUT2D eigenvalue weighted by Gasteiger charge is -2.25. The molecule has 1 aliphatic carbocycles. The largest absolute Gasteiger partial charge is 0.573 e. The van der Waals surface area contributed by atoms with Gasteiger partial charge in [0.2, 0.25) is 0 Å². The van der Waals surface area contributed by atoms with Gasteiger partial charge in [-0.3, -0.25) is 9.69 Å². The predicted molar refractivity (Wildman–Crippen MR) is 127 cm³/mol. The number of fused-ring (bicyclic) bond motifs is 1. The van der Waals surface area contributed by atoms with E-state index < -0.39 is 18.1 Å². The van der Waals surface area contributed by atoms with Crippen molar-refractivity contribution < 1.29 is 35.9 Å². The summed E-state index contributed by atoms with van der Waals surface area (Å²) < 4.78 is 80.4. The van der Waals surface area contributed by atoms with Gasteiger partial charge in [0, 0.05) is 38.1 Å². The lowest BCUT2D eigenvalue weighted by Crippen LogP contribution is -2.35. The van der Waals surface area contributed by atoms with Crippen LogP contribution in [0.4, 0.5) is 26.3 Å². The summed E-state index contributed by atoms with van der Waals surface area (Å²) in [5.74, 6) is 0.277. The van der Waals surface area contributed by atoms with Crippen LogP contribution in [0.1, 0.15) is 27.2 Å². The molecule has 38 heavy (non-hydrogen) atoms. The Kier molecular flexibility index (Phi) is 7.12. The van der Waals surface area contributed by atoms with Crippen LogP contribution in [0.25, 0.3) is 0 Å². The molecular formula is C26H23F6N3O2S. The summed E-state index contributed by atoms with van der Waals surface area (Å²) in [6, 6.07) is 10.7. The number of amides is 1. The number of halogens is 6. The quantitative estimate of drug-likeness (QED) is 0.316. The fraction of sp³-hybridized carbons (Fsp3) is 0.385. The van der Waals surface area contributed by atoms with Gasteiger partial charge < -0.3 is 9.64 Å². The van der Waals surface area contributed by atoms with E-state index in [0.29, 0.717) is 30.5 Å². The molecule has 1 saturated carbocycles. The van der Waals surface area contributed by atoms with Crippen LogP contribution in [0.2, 0.25) is 0 Å². The standard InChI is InChI=1S/C26H23F6N3O2S/c27-25(28,29)18-6-4-16(5-7-18)9-34-11-20-21(12-34)22(20)13-35(24(36)23-14-38-15-33-23)10-17-2-1-3-19(8-17)37-26(30,31)32/h1-8,14-15,20-22H,9-13H2. The van der Waals surface area contributed by atoms with E-state index in [2.05, 4.69) is 14.6 Å². The molecule has 0 bridgehead atoms. The predicted octanol–water partition coefficient (Wildman–Crippen LogP) is 6.08. The summed E-state index contributed by atoms with van der Waals surface area (Å²) in [4.78, 5) is 21.1. The first kappa shape index (κ1) is 26.5. The monoisotopic (exact) mass is 555 g/mol. The lowest BCUT2D eigenvalue weighted by molar-refractivity contribution is -0.274. The molecule has 5 nitrogen and oxygen atoms in total. The number of benzene rings is 2. The number of hydrogen-bond acceptors (Lipinski definition) is 5. The van der Waals surface area contributed by atoms with Gasteiger partial charge in [-0.2, -0.15) is 13.2 Å². The van der Waals surface area contributed by atoms with Gasteiger partial charge in [0.1, 0.15) is 11.4 Å². The molecule has 0 N–H and O–H groups in total. The Bertz CT molecular complexity index is 1250.